The van der Waals surface area contributed by atoms with Gasteiger partial charge in [0.15, 0.2) is 0 Å². The first-order chi connectivity index (χ1) is 12.6. The number of aromatic nitrogens is 1. The summed E-state index contributed by atoms with van der Waals surface area (Å²) >= 11 is 1.28. The fourth-order valence-corrected chi connectivity index (χ4v) is 4.14. The zero-order valence-electron chi connectivity index (χ0n) is 14.9. The Morgan fingerprint density at radius 2 is 2.08 bits per heavy atom. The molecule has 0 saturated carbocycles. The van der Waals surface area contributed by atoms with Crippen molar-refractivity contribution in [2.75, 3.05) is 19.6 Å². The SMILES string of the molecule is O=C1CCC(CCC(=O)N2CCC(CCNC(=O)c3ccsn3)CC2)N1. The van der Waals surface area contributed by atoms with E-state index >= 15 is 0 Å². The van der Waals surface area contributed by atoms with Crippen LogP contribution in [0.1, 0.15) is 55.4 Å². The summed E-state index contributed by atoms with van der Waals surface area (Å²) in [5, 5.41) is 7.62. The molecule has 1 aromatic rings. The Morgan fingerprint density at radius 3 is 2.73 bits per heavy atom. The van der Waals surface area contributed by atoms with Crippen LogP contribution in [0.25, 0.3) is 0 Å². The summed E-state index contributed by atoms with van der Waals surface area (Å²) in [5.41, 5.74) is 0.480. The monoisotopic (exact) mass is 378 g/mol. The van der Waals surface area contributed by atoms with Crippen molar-refractivity contribution in [2.24, 2.45) is 5.92 Å². The smallest absolute Gasteiger partial charge is 0.270 e. The third-order valence-corrected chi connectivity index (χ3v) is 5.83. The van der Waals surface area contributed by atoms with Gasteiger partial charge in [-0.05, 0) is 55.6 Å². The lowest BCUT2D eigenvalue weighted by molar-refractivity contribution is -0.133. The van der Waals surface area contributed by atoms with E-state index in [0.29, 0.717) is 31.0 Å². The Morgan fingerprint density at radius 1 is 1.27 bits per heavy atom. The fraction of sp³-hybridized carbons (Fsp3) is 0.667. The second-order valence-electron chi connectivity index (χ2n) is 7.10. The molecule has 0 spiro atoms. The highest BCUT2D eigenvalue weighted by Crippen LogP contribution is 2.21. The maximum atomic E-state index is 12.3. The molecular weight excluding hydrogens is 352 g/mol. The Balaban J connectivity index is 1.29. The molecule has 2 fully saturated rings. The normalized spacial score (nSPS) is 20.8. The van der Waals surface area contributed by atoms with Crippen molar-refractivity contribution in [1.82, 2.24) is 19.9 Å². The molecule has 3 amide bonds. The van der Waals surface area contributed by atoms with E-state index in [1.165, 1.54) is 11.5 Å². The summed E-state index contributed by atoms with van der Waals surface area (Å²) in [5.74, 6) is 0.730. The molecule has 0 bridgehead atoms. The van der Waals surface area contributed by atoms with Crippen LogP contribution in [0.4, 0.5) is 0 Å². The van der Waals surface area contributed by atoms with Crippen LogP contribution in [0, 0.1) is 5.92 Å². The van der Waals surface area contributed by atoms with Gasteiger partial charge in [-0.15, -0.1) is 0 Å². The molecule has 0 aromatic carbocycles. The van der Waals surface area contributed by atoms with E-state index in [1.807, 2.05) is 4.90 Å². The second kappa shape index (κ2) is 9.12. The van der Waals surface area contributed by atoms with Gasteiger partial charge in [-0.25, -0.2) is 0 Å². The van der Waals surface area contributed by atoms with Gasteiger partial charge in [0.25, 0.3) is 5.91 Å². The number of rotatable bonds is 7. The number of likely N-dealkylation sites (tertiary alicyclic amines) is 1. The van der Waals surface area contributed by atoms with E-state index in [0.717, 1.165) is 45.2 Å². The Hall–Kier alpha value is -1.96. The molecule has 2 saturated heterocycles. The first-order valence-corrected chi connectivity index (χ1v) is 10.2. The summed E-state index contributed by atoms with van der Waals surface area (Å²) in [7, 11) is 0. The minimum absolute atomic E-state index is 0.102. The first kappa shape index (κ1) is 18.8. The summed E-state index contributed by atoms with van der Waals surface area (Å²) in [4.78, 5) is 37.3. The minimum atomic E-state index is -0.113. The highest BCUT2D eigenvalue weighted by Gasteiger charge is 2.25. The van der Waals surface area contributed by atoms with Crippen molar-refractivity contribution >= 4 is 29.3 Å². The maximum absolute atomic E-state index is 12.3. The van der Waals surface area contributed by atoms with Gasteiger partial charge >= 0.3 is 0 Å². The number of amides is 3. The molecule has 8 heteroatoms. The van der Waals surface area contributed by atoms with Crippen molar-refractivity contribution < 1.29 is 14.4 Å². The van der Waals surface area contributed by atoms with E-state index < -0.39 is 0 Å². The lowest BCUT2D eigenvalue weighted by Crippen LogP contribution is -2.39. The molecule has 7 nitrogen and oxygen atoms in total. The van der Waals surface area contributed by atoms with Crippen molar-refractivity contribution in [2.45, 2.75) is 51.0 Å². The summed E-state index contributed by atoms with van der Waals surface area (Å²) in [6.07, 6.45) is 5.60. The Bertz CT molecular complexity index is 626. The molecule has 0 aliphatic carbocycles. The average Bonchev–Trinajstić information content (AvgIpc) is 3.32. The molecule has 1 atom stereocenters. The van der Waals surface area contributed by atoms with Gasteiger partial charge in [-0.2, -0.15) is 4.37 Å². The molecule has 2 aliphatic heterocycles. The molecule has 1 unspecified atom stereocenters. The zero-order valence-corrected chi connectivity index (χ0v) is 15.7. The van der Waals surface area contributed by atoms with Crippen LogP contribution in [0.15, 0.2) is 11.4 Å². The standard InChI is InChI=1S/C18H26N4O3S/c23-16-3-1-14(20-16)2-4-17(24)22-10-6-13(7-11-22)5-9-19-18(25)15-8-12-26-21-15/h8,12-14H,1-7,9-11H2,(H,19,25)(H,20,23). The average molecular weight is 378 g/mol. The van der Waals surface area contributed by atoms with Gasteiger partial charge in [0.2, 0.25) is 11.8 Å². The number of carbonyl (C=O) groups is 3. The number of hydrogen-bond acceptors (Lipinski definition) is 5. The number of nitrogens with zero attached hydrogens (tertiary/aromatic N) is 2. The summed E-state index contributed by atoms with van der Waals surface area (Å²) in [6, 6.07) is 1.89. The number of nitrogens with one attached hydrogen (secondary N) is 2. The van der Waals surface area contributed by atoms with Gasteiger partial charge in [-0.3, -0.25) is 14.4 Å². The highest BCUT2D eigenvalue weighted by atomic mass is 32.1. The van der Waals surface area contributed by atoms with E-state index in [2.05, 4.69) is 15.0 Å². The van der Waals surface area contributed by atoms with E-state index in [-0.39, 0.29) is 23.8 Å². The quantitative estimate of drug-likeness (QED) is 0.753. The predicted molar refractivity (Wildman–Crippen MR) is 98.8 cm³/mol. The first-order valence-electron chi connectivity index (χ1n) is 9.37. The van der Waals surface area contributed by atoms with E-state index in [4.69, 9.17) is 0 Å². The van der Waals surface area contributed by atoms with Crippen LogP contribution < -0.4 is 10.6 Å². The largest absolute Gasteiger partial charge is 0.353 e. The molecule has 142 valence electrons. The number of hydrogen-bond donors (Lipinski definition) is 2. The maximum Gasteiger partial charge on any atom is 0.270 e. The highest BCUT2D eigenvalue weighted by molar-refractivity contribution is 7.03. The molecule has 3 rings (SSSR count). The van der Waals surface area contributed by atoms with Crippen LogP contribution in [0.2, 0.25) is 0 Å². The zero-order chi connectivity index (χ0) is 18.4. The van der Waals surface area contributed by atoms with E-state index in [1.54, 1.807) is 11.4 Å². The van der Waals surface area contributed by atoms with Gasteiger partial charge in [0, 0.05) is 43.9 Å². The van der Waals surface area contributed by atoms with Gasteiger partial charge in [0.05, 0.1) is 0 Å². The molecular formula is C18H26N4O3S. The predicted octanol–water partition coefficient (Wildman–Crippen LogP) is 1.56. The van der Waals surface area contributed by atoms with Gasteiger partial charge in [-0.1, -0.05) is 0 Å². The summed E-state index contributed by atoms with van der Waals surface area (Å²) in [6.45, 7) is 2.23. The van der Waals surface area contributed by atoms with Crippen LogP contribution in [0.5, 0.6) is 0 Å². The molecule has 2 aliphatic rings. The molecule has 26 heavy (non-hydrogen) atoms. The number of carbonyl (C=O) groups excluding carboxylic acids is 3. The summed E-state index contributed by atoms with van der Waals surface area (Å²) < 4.78 is 4.02. The van der Waals surface area contributed by atoms with Crippen molar-refractivity contribution in [3.63, 3.8) is 0 Å². The minimum Gasteiger partial charge on any atom is -0.353 e. The van der Waals surface area contributed by atoms with Crippen LogP contribution in [-0.4, -0.2) is 52.7 Å². The lowest BCUT2D eigenvalue weighted by Gasteiger charge is -2.32. The van der Waals surface area contributed by atoms with Crippen molar-refractivity contribution in [3.8, 4) is 0 Å². The molecule has 3 heterocycles. The fourth-order valence-electron chi connectivity index (χ4n) is 3.63. The van der Waals surface area contributed by atoms with Crippen molar-refractivity contribution in [3.05, 3.63) is 17.1 Å². The van der Waals surface area contributed by atoms with E-state index in [9.17, 15) is 14.4 Å². The van der Waals surface area contributed by atoms with Crippen molar-refractivity contribution in [1.29, 1.82) is 0 Å². The number of piperidine rings is 1. The molecule has 2 N–H and O–H groups in total. The molecule has 0 radical (unpaired) electrons. The second-order valence-corrected chi connectivity index (χ2v) is 7.76. The molecule has 1 aromatic heterocycles. The third kappa shape index (κ3) is 5.27. The topological polar surface area (TPSA) is 91.4 Å². The van der Waals surface area contributed by atoms with Crippen LogP contribution in [-0.2, 0) is 9.59 Å². The van der Waals surface area contributed by atoms with Crippen LogP contribution in [0.3, 0.4) is 0 Å². The third-order valence-electron chi connectivity index (χ3n) is 5.27. The van der Waals surface area contributed by atoms with Gasteiger partial charge < -0.3 is 15.5 Å². The van der Waals surface area contributed by atoms with Gasteiger partial charge in [0.1, 0.15) is 5.69 Å². The Kier molecular flexibility index (Phi) is 6.60. The Labute approximate surface area is 157 Å². The lowest BCUT2D eigenvalue weighted by atomic mass is 9.93. The van der Waals surface area contributed by atoms with Crippen LogP contribution >= 0.6 is 11.5 Å².